The highest BCUT2D eigenvalue weighted by atomic mass is 79.9. The van der Waals surface area contributed by atoms with Crippen molar-refractivity contribution in [3.63, 3.8) is 0 Å². The second kappa shape index (κ2) is 18.9. The molecular weight excluding hydrogens is 871 g/mol. The molecule has 0 bridgehead atoms. The van der Waals surface area contributed by atoms with Crippen molar-refractivity contribution in [2.24, 2.45) is 0 Å². The van der Waals surface area contributed by atoms with E-state index in [0.29, 0.717) is 0 Å². The first kappa shape index (κ1) is 42.3. The average molecular weight is 926 g/mol. The van der Waals surface area contributed by atoms with E-state index in [-0.39, 0.29) is 21.7 Å². The predicted molar refractivity (Wildman–Crippen MR) is 251 cm³/mol. The van der Waals surface area contributed by atoms with Crippen molar-refractivity contribution in [3.8, 4) is 0 Å². The van der Waals surface area contributed by atoms with Gasteiger partial charge in [0.25, 0.3) is 0 Å². The molecule has 0 radical (unpaired) electrons. The molecule has 0 aliphatic heterocycles. The van der Waals surface area contributed by atoms with Crippen LogP contribution in [-0.4, -0.2) is 6.15 Å². The summed E-state index contributed by atoms with van der Waals surface area (Å²) in [5.74, 6) is 1.05. The van der Waals surface area contributed by atoms with Crippen molar-refractivity contribution in [1.29, 1.82) is 0 Å². The van der Waals surface area contributed by atoms with Crippen LogP contribution < -0.4 is 16.4 Å². The summed E-state index contributed by atoms with van der Waals surface area (Å²) >= 11 is 10.8. The number of hydrogen-bond acceptors (Lipinski definition) is 0. The second-order valence-corrected chi connectivity index (χ2v) is 21.2. The Morgan fingerprint density at radius 1 is 0.463 bits per heavy atom. The third-order valence-electron chi connectivity index (χ3n) is 10.5. The molecule has 0 saturated heterocycles. The molecule has 6 aromatic rings. The lowest BCUT2D eigenvalue weighted by atomic mass is 9.14. The maximum Gasteiger partial charge on any atom is 0.161 e. The van der Waals surface area contributed by atoms with Gasteiger partial charge in [-0.25, -0.2) is 0 Å². The van der Waals surface area contributed by atoms with Gasteiger partial charge in [0.05, 0.1) is 17.0 Å². The summed E-state index contributed by atoms with van der Waals surface area (Å²) in [5.41, 5.74) is 8.73. The van der Waals surface area contributed by atoms with Crippen LogP contribution in [0.15, 0.2) is 175 Å². The minimum absolute atomic E-state index is 0.0277. The highest BCUT2D eigenvalue weighted by Gasteiger charge is 2.30. The van der Waals surface area contributed by atoms with E-state index in [0.717, 1.165) is 25.5 Å². The monoisotopic (exact) mass is 922 g/mol. The molecule has 6 aromatic carbocycles. The molecule has 5 heteroatoms. The minimum Gasteiger partial charge on any atom is -0.200 e. The van der Waals surface area contributed by atoms with E-state index >= 15 is 0 Å². The Balaban J connectivity index is 0.000000208. The van der Waals surface area contributed by atoms with E-state index in [1.807, 2.05) is 0 Å². The Labute approximate surface area is 354 Å². The Bertz CT molecular complexity index is 1860. The van der Waals surface area contributed by atoms with Gasteiger partial charge in [-0.2, -0.15) is 22.7 Å². The van der Waals surface area contributed by atoms with Crippen LogP contribution in [-0.2, 0) is 27.5 Å². The molecule has 0 unspecified atom stereocenters. The molecule has 0 aliphatic carbocycles. The van der Waals surface area contributed by atoms with E-state index < -0.39 is 6.15 Å². The molecule has 0 amide bonds. The highest BCUT2D eigenvalue weighted by molar-refractivity contribution is 9.11. The lowest BCUT2D eigenvalue weighted by Gasteiger charge is -2.43. The number of unbranched alkanes of at least 4 members (excludes halogenated alkanes) is 1. The van der Waals surface area contributed by atoms with Crippen molar-refractivity contribution in [2.75, 3.05) is 0 Å². The molecule has 0 N–H and O–H groups in total. The largest absolute Gasteiger partial charge is 0.200 e. The summed E-state index contributed by atoms with van der Waals surface area (Å²) in [5, 5.41) is 0. The average Bonchev–Trinajstić information content (AvgIpc) is 3.16. The molecule has 0 atom stereocenters. The highest BCUT2D eigenvalue weighted by Crippen LogP contribution is 2.32. The molecule has 0 nitrogen and oxygen atoms in total. The van der Waals surface area contributed by atoms with Gasteiger partial charge in [-0.05, 0) is 46.2 Å². The van der Waals surface area contributed by atoms with Gasteiger partial charge in [0.2, 0.25) is 0 Å². The topological polar surface area (TPSA) is 0 Å². The van der Waals surface area contributed by atoms with E-state index in [4.69, 9.17) is 0 Å². The predicted octanol–water partition coefficient (Wildman–Crippen LogP) is 13.8. The van der Waals surface area contributed by atoms with Crippen LogP contribution in [0, 0.1) is 0 Å². The van der Waals surface area contributed by atoms with Crippen LogP contribution in [0.25, 0.3) is 0 Å². The molecule has 0 saturated carbocycles. The Hall–Kier alpha value is -2.83. The fourth-order valence-electron chi connectivity index (χ4n) is 7.24. The van der Waals surface area contributed by atoms with Crippen molar-refractivity contribution >= 4 is 81.2 Å². The summed E-state index contributed by atoms with van der Waals surface area (Å²) in [7, 11) is 0.0277. The maximum atomic E-state index is 3.59. The van der Waals surface area contributed by atoms with Crippen LogP contribution in [0.3, 0.4) is 0 Å². The molecule has 54 heavy (non-hydrogen) atoms. The van der Waals surface area contributed by atoms with Gasteiger partial charge < -0.3 is 0 Å². The quantitative estimate of drug-likeness (QED) is 0.0949. The van der Waals surface area contributed by atoms with Crippen LogP contribution in [0.5, 0.6) is 0 Å². The number of rotatable bonds is 10. The molecule has 6 rings (SSSR count). The van der Waals surface area contributed by atoms with Gasteiger partial charge in [-0.3, -0.25) is 0 Å². The van der Waals surface area contributed by atoms with Crippen LogP contribution in [0.4, 0.5) is 0 Å². The first-order valence-corrected chi connectivity index (χ1v) is 22.9. The van der Waals surface area contributed by atoms with Gasteiger partial charge >= 0.3 is 0 Å². The SMILES string of the molecule is CC(C)(C)c1ccc([S+](Cc2ccccc2)c2ccc(C(C)(C)C)cc2)cc1.CCCC[B-](c1ccc(Br)cc1)(c1ccc(Br)cc1)c1ccc(Br)cc1. The molecule has 280 valence electrons. The van der Waals surface area contributed by atoms with Crippen molar-refractivity contribution < 1.29 is 0 Å². The molecule has 0 aliphatic rings. The maximum absolute atomic E-state index is 3.59. The third kappa shape index (κ3) is 10.9. The van der Waals surface area contributed by atoms with E-state index in [1.165, 1.54) is 55.7 Å². The van der Waals surface area contributed by atoms with Crippen LogP contribution in [0.2, 0.25) is 6.32 Å². The van der Waals surface area contributed by atoms with Crippen molar-refractivity contribution in [3.05, 3.63) is 182 Å². The number of halogens is 3. The fraction of sp³-hybridized carbons (Fsp3) is 0.265. The Morgan fingerprint density at radius 3 is 1.13 bits per heavy atom. The third-order valence-corrected chi connectivity index (χ3v) is 14.4. The zero-order valence-electron chi connectivity index (χ0n) is 32.9. The second-order valence-electron chi connectivity index (χ2n) is 16.4. The van der Waals surface area contributed by atoms with Crippen LogP contribution in [0.1, 0.15) is 78.0 Å². The molecule has 0 heterocycles. The zero-order chi connectivity index (χ0) is 38.9. The normalized spacial score (nSPS) is 12.0. The van der Waals surface area contributed by atoms with Gasteiger partial charge in [-0.1, -0.05) is 236 Å². The summed E-state index contributed by atoms with van der Waals surface area (Å²) in [6, 6.07) is 56.1. The van der Waals surface area contributed by atoms with Gasteiger partial charge in [-0.15, -0.1) is 0 Å². The summed E-state index contributed by atoms with van der Waals surface area (Å²) < 4.78 is 3.36. The smallest absolute Gasteiger partial charge is 0.161 e. The van der Waals surface area contributed by atoms with E-state index in [2.05, 4.69) is 248 Å². The van der Waals surface area contributed by atoms with Gasteiger partial charge in [0.15, 0.2) is 9.79 Å². The number of hydrogen-bond donors (Lipinski definition) is 0. The Kier molecular flexibility index (Phi) is 14.8. The summed E-state index contributed by atoms with van der Waals surface area (Å²) in [6.07, 6.45) is 2.51. The van der Waals surface area contributed by atoms with E-state index in [1.54, 1.807) is 0 Å². The van der Waals surface area contributed by atoms with Gasteiger partial charge in [0.1, 0.15) is 5.75 Å². The first-order valence-electron chi connectivity index (χ1n) is 19.1. The summed E-state index contributed by atoms with van der Waals surface area (Å²) in [6.45, 7) is 15.9. The Morgan fingerprint density at radius 2 is 0.815 bits per heavy atom. The van der Waals surface area contributed by atoms with Crippen LogP contribution >= 0.6 is 47.8 Å². The lowest BCUT2D eigenvalue weighted by molar-refractivity contribution is 0.589. The molecule has 0 spiro atoms. The number of benzene rings is 6. The minimum atomic E-state index is -1.02. The first-order chi connectivity index (χ1) is 25.7. The van der Waals surface area contributed by atoms with E-state index in [9.17, 15) is 0 Å². The van der Waals surface area contributed by atoms with Gasteiger partial charge in [0, 0.05) is 19.0 Å². The molecule has 0 aromatic heterocycles. The molecule has 0 fully saturated rings. The lowest BCUT2D eigenvalue weighted by Crippen LogP contribution is -2.66. The van der Waals surface area contributed by atoms with Crippen molar-refractivity contribution in [1.82, 2.24) is 0 Å². The molecular formula is C49H54BBr3S. The fourth-order valence-corrected chi connectivity index (χ4v) is 10.1. The van der Waals surface area contributed by atoms with Crippen molar-refractivity contribution in [2.45, 2.75) is 94.0 Å². The summed E-state index contributed by atoms with van der Waals surface area (Å²) in [4.78, 5) is 2.83. The standard InChI is InChI=1S/C27H33S.C22H21BBr3/c1-26(2,3)22-12-16-24(17-13-22)28(20-21-10-8-7-9-11-21)25-18-14-23(15-19-25)27(4,5)6;1-2-3-16-23(17-4-10-20(24)11-5-17,18-6-12-21(25)13-7-18)19-8-14-22(26)15-9-19/h7-19H,20H2,1-6H3;4-15H,2-3,16H2,1H3/q+1;-1. The zero-order valence-corrected chi connectivity index (χ0v) is 38.5.